The van der Waals surface area contributed by atoms with Crippen LogP contribution in [0.15, 0.2) is 12.4 Å². The summed E-state index contributed by atoms with van der Waals surface area (Å²) in [6, 6.07) is 0.387. The fourth-order valence-electron chi connectivity index (χ4n) is 2.33. The summed E-state index contributed by atoms with van der Waals surface area (Å²) in [5.74, 6) is 0. The minimum atomic E-state index is -0.0458. The first-order valence-corrected chi connectivity index (χ1v) is 7.29. The van der Waals surface area contributed by atoms with Crippen LogP contribution >= 0.6 is 0 Å². The van der Waals surface area contributed by atoms with Crippen LogP contribution in [0.4, 0.5) is 0 Å². The molecule has 1 atom stereocenters. The maximum absolute atomic E-state index is 5.54. The van der Waals surface area contributed by atoms with Crippen LogP contribution in [0.2, 0.25) is 0 Å². The summed E-state index contributed by atoms with van der Waals surface area (Å²) in [6.07, 6.45) is 7.05. The van der Waals surface area contributed by atoms with Gasteiger partial charge in [-0.15, -0.1) is 0 Å². The highest BCUT2D eigenvalue weighted by atomic mass is 16.7. The largest absolute Gasteiger partial charge is 0.350 e. The van der Waals surface area contributed by atoms with E-state index in [0.717, 1.165) is 45.6 Å². The first-order chi connectivity index (χ1) is 9.31. The predicted octanol–water partition coefficient (Wildman–Crippen LogP) is 1.58. The van der Waals surface area contributed by atoms with E-state index in [1.54, 1.807) is 0 Å². The van der Waals surface area contributed by atoms with E-state index in [0.29, 0.717) is 6.04 Å². The second-order valence-corrected chi connectivity index (χ2v) is 4.97. The minimum absolute atomic E-state index is 0.0458. The molecule has 0 spiro atoms. The fraction of sp³-hybridized carbons (Fsp3) is 0.786. The predicted molar refractivity (Wildman–Crippen MR) is 74.0 cm³/mol. The van der Waals surface area contributed by atoms with Gasteiger partial charge in [0.15, 0.2) is 6.29 Å². The van der Waals surface area contributed by atoms with E-state index in [-0.39, 0.29) is 6.29 Å². The summed E-state index contributed by atoms with van der Waals surface area (Å²) in [5.41, 5.74) is 1.27. The zero-order valence-corrected chi connectivity index (χ0v) is 12.0. The average molecular weight is 267 g/mol. The van der Waals surface area contributed by atoms with Gasteiger partial charge < -0.3 is 14.8 Å². The van der Waals surface area contributed by atoms with E-state index in [4.69, 9.17) is 9.47 Å². The lowest BCUT2D eigenvalue weighted by molar-refractivity contribution is -0.0526. The number of aromatic nitrogens is 2. The van der Waals surface area contributed by atoms with Gasteiger partial charge in [-0.25, -0.2) is 0 Å². The number of aryl methyl sites for hydroxylation is 1. The number of nitrogens with zero attached hydrogens (tertiary/aromatic N) is 2. The minimum Gasteiger partial charge on any atom is -0.350 e. The van der Waals surface area contributed by atoms with Crippen LogP contribution in [0.3, 0.4) is 0 Å². The van der Waals surface area contributed by atoms with Gasteiger partial charge in [0.05, 0.1) is 19.4 Å². The van der Waals surface area contributed by atoms with Gasteiger partial charge in [0.1, 0.15) is 0 Å². The van der Waals surface area contributed by atoms with E-state index >= 15 is 0 Å². The molecule has 1 unspecified atom stereocenters. The number of ether oxygens (including phenoxy) is 2. The fourth-order valence-corrected chi connectivity index (χ4v) is 2.33. The van der Waals surface area contributed by atoms with E-state index < -0.39 is 0 Å². The van der Waals surface area contributed by atoms with Crippen molar-refractivity contribution in [3.8, 4) is 0 Å². The Labute approximate surface area is 115 Å². The molecule has 0 bridgehead atoms. The molecule has 1 N–H and O–H groups in total. The summed E-state index contributed by atoms with van der Waals surface area (Å²) in [5, 5.41) is 7.90. The summed E-state index contributed by atoms with van der Waals surface area (Å²) < 4.78 is 13.1. The van der Waals surface area contributed by atoms with E-state index in [1.807, 2.05) is 10.9 Å². The highest BCUT2D eigenvalue weighted by Crippen LogP contribution is 2.14. The van der Waals surface area contributed by atoms with Crippen LogP contribution in [0.5, 0.6) is 0 Å². The van der Waals surface area contributed by atoms with Crippen molar-refractivity contribution in [2.45, 2.75) is 52.0 Å². The van der Waals surface area contributed by atoms with Crippen molar-refractivity contribution >= 4 is 0 Å². The molecule has 0 amide bonds. The molecule has 0 aromatic carbocycles. The molecule has 0 radical (unpaired) electrons. The number of rotatable bonds is 8. The van der Waals surface area contributed by atoms with Crippen LogP contribution in [0.25, 0.3) is 0 Å². The molecule has 1 aliphatic rings. The summed E-state index contributed by atoms with van der Waals surface area (Å²) in [6.45, 7) is 7.67. The van der Waals surface area contributed by atoms with Crippen molar-refractivity contribution in [2.75, 3.05) is 19.8 Å². The standard InChI is InChI=1S/C14H25N3O2/c1-3-5-15-13(9-14-18-6-7-19-14)8-12-10-16-17(4-2)11-12/h10-11,13-15H,3-9H2,1-2H3. The van der Waals surface area contributed by atoms with Crippen molar-refractivity contribution in [2.24, 2.45) is 0 Å². The molecule has 2 heterocycles. The molecule has 108 valence electrons. The molecular weight excluding hydrogens is 242 g/mol. The Morgan fingerprint density at radius 1 is 1.42 bits per heavy atom. The molecule has 1 aromatic rings. The first kappa shape index (κ1) is 14.5. The Morgan fingerprint density at radius 2 is 2.21 bits per heavy atom. The molecule has 5 nitrogen and oxygen atoms in total. The maximum Gasteiger partial charge on any atom is 0.159 e. The number of nitrogens with one attached hydrogen (secondary N) is 1. The van der Waals surface area contributed by atoms with Crippen molar-refractivity contribution in [1.29, 1.82) is 0 Å². The zero-order valence-electron chi connectivity index (χ0n) is 12.0. The van der Waals surface area contributed by atoms with E-state index in [1.165, 1.54) is 5.56 Å². The zero-order chi connectivity index (χ0) is 13.5. The van der Waals surface area contributed by atoms with Crippen LogP contribution in [0, 0.1) is 0 Å². The second-order valence-electron chi connectivity index (χ2n) is 4.97. The highest BCUT2D eigenvalue weighted by Gasteiger charge is 2.21. The Hall–Kier alpha value is -0.910. The molecule has 1 aliphatic heterocycles. The summed E-state index contributed by atoms with van der Waals surface area (Å²) in [4.78, 5) is 0. The van der Waals surface area contributed by atoms with Gasteiger partial charge in [0.2, 0.25) is 0 Å². The Morgan fingerprint density at radius 3 is 2.84 bits per heavy atom. The van der Waals surface area contributed by atoms with E-state index in [2.05, 4.69) is 30.5 Å². The molecule has 0 aliphatic carbocycles. The smallest absolute Gasteiger partial charge is 0.159 e. The van der Waals surface area contributed by atoms with Crippen LogP contribution in [-0.2, 0) is 22.4 Å². The third kappa shape index (κ3) is 4.60. The van der Waals surface area contributed by atoms with Crippen LogP contribution < -0.4 is 5.32 Å². The van der Waals surface area contributed by atoms with Crippen molar-refractivity contribution in [3.05, 3.63) is 18.0 Å². The highest BCUT2D eigenvalue weighted by molar-refractivity contribution is 5.06. The van der Waals surface area contributed by atoms with Crippen molar-refractivity contribution in [1.82, 2.24) is 15.1 Å². The molecule has 19 heavy (non-hydrogen) atoms. The van der Waals surface area contributed by atoms with Crippen LogP contribution in [0.1, 0.15) is 32.3 Å². The maximum atomic E-state index is 5.54. The van der Waals surface area contributed by atoms with Crippen molar-refractivity contribution < 1.29 is 9.47 Å². The van der Waals surface area contributed by atoms with Gasteiger partial charge in [0.25, 0.3) is 0 Å². The number of hydrogen-bond acceptors (Lipinski definition) is 4. The summed E-state index contributed by atoms with van der Waals surface area (Å²) >= 11 is 0. The Bertz CT molecular complexity index is 361. The number of hydrogen-bond donors (Lipinski definition) is 1. The van der Waals surface area contributed by atoms with Gasteiger partial charge >= 0.3 is 0 Å². The van der Waals surface area contributed by atoms with Gasteiger partial charge in [-0.2, -0.15) is 5.10 Å². The lowest BCUT2D eigenvalue weighted by Gasteiger charge is -2.20. The normalized spacial score (nSPS) is 18.0. The lowest BCUT2D eigenvalue weighted by atomic mass is 10.1. The quantitative estimate of drug-likeness (QED) is 0.777. The lowest BCUT2D eigenvalue weighted by Crippen LogP contribution is -2.35. The van der Waals surface area contributed by atoms with Gasteiger partial charge in [-0.05, 0) is 31.9 Å². The molecule has 2 rings (SSSR count). The topological polar surface area (TPSA) is 48.3 Å². The van der Waals surface area contributed by atoms with Gasteiger partial charge in [-0.3, -0.25) is 4.68 Å². The molecular formula is C14H25N3O2. The van der Waals surface area contributed by atoms with E-state index in [9.17, 15) is 0 Å². The SMILES string of the molecule is CCCNC(Cc1cnn(CC)c1)CC1OCCO1. The Balaban J connectivity index is 1.87. The second kappa shape index (κ2) is 7.62. The Kier molecular flexibility index (Phi) is 5.82. The monoisotopic (exact) mass is 267 g/mol. The third-order valence-corrected chi connectivity index (χ3v) is 3.34. The molecule has 1 fully saturated rings. The average Bonchev–Trinajstić information content (AvgIpc) is 3.07. The van der Waals surface area contributed by atoms with Crippen LogP contribution in [-0.4, -0.2) is 41.9 Å². The van der Waals surface area contributed by atoms with Gasteiger partial charge in [0, 0.05) is 25.2 Å². The molecule has 1 saturated heterocycles. The third-order valence-electron chi connectivity index (χ3n) is 3.34. The summed E-state index contributed by atoms with van der Waals surface area (Å²) in [7, 11) is 0. The van der Waals surface area contributed by atoms with Gasteiger partial charge in [-0.1, -0.05) is 6.92 Å². The first-order valence-electron chi connectivity index (χ1n) is 7.29. The molecule has 1 aromatic heterocycles. The molecule has 5 heteroatoms. The van der Waals surface area contributed by atoms with Crippen molar-refractivity contribution in [3.63, 3.8) is 0 Å². The molecule has 0 saturated carbocycles.